The van der Waals surface area contributed by atoms with Crippen LogP contribution in [0.4, 0.5) is 0 Å². The molecule has 6 heteroatoms. The Kier molecular flexibility index (Phi) is 6.49. The Morgan fingerprint density at radius 1 is 1.00 bits per heavy atom. The summed E-state index contributed by atoms with van der Waals surface area (Å²) in [4.78, 5) is 11.0. The SMILES string of the molecule is COc1ccc(COc2cc(COC(C)=O)c(Br)cc2OC)cc1. The summed E-state index contributed by atoms with van der Waals surface area (Å²) in [6.45, 7) is 1.92. The summed E-state index contributed by atoms with van der Waals surface area (Å²) < 4.78 is 22.2. The quantitative estimate of drug-likeness (QED) is 0.661. The van der Waals surface area contributed by atoms with Crippen LogP contribution in [0.5, 0.6) is 17.2 Å². The van der Waals surface area contributed by atoms with Crippen LogP contribution < -0.4 is 14.2 Å². The summed E-state index contributed by atoms with van der Waals surface area (Å²) in [5.41, 5.74) is 1.80. The van der Waals surface area contributed by atoms with Gasteiger partial charge in [0.15, 0.2) is 11.5 Å². The number of rotatable bonds is 7. The van der Waals surface area contributed by atoms with E-state index in [0.29, 0.717) is 18.1 Å². The van der Waals surface area contributed by atoms with Gasteiger partial charge in [0.1, 0.15) is 19.0 Å². The largest absolute Gasteiger partial charge is 0.497 e. The van der Waals surface area contributed by atoms with Gasteiger partial charge in [-0.25, -0.2) is 0 Å². The Morgan fingerprint density at radius 2 is 1.71 bits per heavy atom. The Labute approximate surface area is 149 Å². The molecule has 0 aliphatic carbocycles. The van der Waals surface area contributed by atoms with Gasteiger partial charge in [-0.3, -0.25) is 4.79 Å². The summed E-state index contributed by atoms with van der Waals surface area (Å²) in [5, 5.41) is 0. The van der Waals surface area contributed by atoms with E-state index >= 15 is 0 Å². The maximum Gasteiger partial charge on any atom is 0.302 e. The van der Waals surface area contributed by atoms with E-state index in [1.807, 2.05) is 24.3 Å². The van der Waals surface area contributed by atoms with Crippen molar-refractivity contribution in [1.29, 1.82) is 0 Å². The van der Waals surface area contributed by atoms with Crippen LogP contribution in [0.25, 0.3) is 0 Å². The molecule has 2 aromatic carbocycles. The van der Waals surface area contributed by atoms with Crippen LogP contribution in [0.15, 0.2) is 40.9 Å². The van der Waals surface area contributed by atoms with Crippen LogP contribution in [-0.2, 0) is 22.7 Å². The van der Waals surface area contributed by atoms with E-state index in [1.165, 1.54) is 6.92 Å². The van der Waals surface area contributed by atoms with Gasteiger partial charge in [-0.05, 0) is 29.8 Å². The van der Waals surface area contributed by atoms with Crippen molar-refractivity contribution in [1.82, 2.24) is 0 Å². The molecule has 128 valence electrons. The minimum atomic E-state index is -0.335. The van der Waals surface area contributed by atoms with Crippen LogP contribution in [0.3, 0.4) is 0 Å². The van der Waals surface area contributed by atoms with Gasteiger partial charge in [-0.1, -0.05) is 28.1 Å². The third kappa shape index (κ3) is 4.89. The van der Waals surface area contributed by atoms with Crippen LogP contribution in [0, 0.1) is 0 Å². The highest BCUT2D eigenvalue weighted by Gasteiger charge is 2.12. The molecule has 0 saturated heterocycles. The molecule has 0 fully saturated rings. The monoisotopic (exact) mass is 394 g/mol. The molecule has 0 unspecified atom stereocenters. The predicted molar refractivity (Wildman–Crippen MR) is 93.5 cm³/mol. The molecule has 2 rings (SSSR count). The fourth-order valence-corrected chi connectivity index (χ4v) is 2.46. The van der Waals surface area contributed by atoms with Crippen LogP contribution in [-0.4, -0.2) is 20.2 Å². The smallest absolute Gasteiger partial charge is 0.302 e. The van der Waals surface area contributed by atoms with Crippen molar-refractivity contribution in [2.24, 2.45) is 0 Å². The molecule has 0 saturated carbocycles. The molecular formula is C18H19BrO5. The lowest BCUT2D eigenvalue weighted by Gasteiger charge is -2.14. The molecule has 0 heterocycles. The Morgan fingerprint density at radius 3 is 2.29 bits per heavy atom. The standard InChI is InChI=1S/C18H19BrO5/c1-12(20)23-11-14-8-18(17(22-3)9-16(14)19)24-10-13-4-6-15(21-2)7-5-13/h4-9H,10-11H2,1-3H3. The van der Waals surface area contributed by atoms with Crippen molar-refractivity contribution in [2.75, 3.05) is 14.2 Å². The van der Waals surface area contributed by atoms with Gasteiger partial charge in [-0.15, -0.1) is 0 Å². The lowest BCUT2D eigenvalue weighted by Crippen LogP contribution is -2.02. The zero-order valence-electron chi connectivity index (χ0n) is 13.8. The lowest BCUT2D eigenvalue weighted by molar-refractivity contribution is -0.142. The highest BCUT2D eigenvalue weighted by Crippen LogP contribution is 2.34. The molecule has 5 nitrogen and oxygen atoms in total. The Hall–Kier alpha value is -2.21. The third-order valence-electron chi connectivity index (χ3n) is 3.32. The number of hydrogen-bond acceptors (Lipinski definition) is 5. The molecule has 0 N–H and O–H groups in total. The minimum absolute atomic E-state index is 0.165. The van der Waals surface area contributed by atoms with Gasteiger partial charge >= 0.3 is 5.97 Å². The van der Waals surface area contributed by atoms with E-state index in [9.17, 15) is 4.79 Å². The van der Waals surface area contributed by atoms with Gasteiger partial charge in [0.2, 0.25) is 0 Å². The highest BCUT2D eigenvalue weighted by atomic mass is 79.9. The first kappa shape index (κ1) is 18.1. The number of benzene rings is 2. The number of halogens is 1. The fourth-order valence-electron chi connectivity index (χ4n) is 2.02. The molecule has 2 aromatic rings. The molecular weight excluding hydrogens is 376 g/mol. The van der Waals surface area contributed by atoms with E-state index in [2.05, 4.69) is 15.9 Å². The topological polar surface area (TPSA) is 54.0 Å². The molecule has 24 heavy (non-hydrogen) atoms. The van der Waals surface area contributed by atoms with Gasteiger partial charge in [0, 0.05) is 17.0 Å². The first-order valence-corrected chi connectivity index (χ1v) is 8.08. The number of methoxy groups -OCH3 is 2. The van der Waals surface area contributed by atoms with Crippen molar-refractivity contribution in [3.63, 3.8) is 0 Å². The molecule has 0 spiro atoms. The van der Waals surface area contributed by atoms with Gasteiger partial charge < -0.3 is 18.9 Å². The molecule has 0 amide bonds. The lowest BCUT2D eigenvalue weighted by atomic mass is 10.2. The number of hydrogen-bond donors (Lipinski definition) is 0. The van der Waals surface area contributed by atoms with Gasteiger partial charge in [0.25, 0.3) is 0 Å². The summed E-state index contributed by atoms with van der Waals surface area (Å²) in [6.07, 6.45) is 0. The number of esters is 1. The van der Waals surface area contributed by atoms with Crippen molar-refractivity contribution in [3.8, 4) is 17.2 Å². The molecule has 0 aromatic heterocycles. The first-order valence-electron chi connectivity index (χ1n) is 7.29. The predicted octanol–water partition coefficient (Wildman–Crippen LogP) is 4.11. The molecule has 0 aliphatic heterocycles. The third-order valence-corrected chi connectivity index (χ3v) is 4.06. The summed E-state index contributed by atoms with van der Waals surface area (Å²) in [5.74, 6) is 1.64. The van der Waals surface area contributed by atoms with Crippen molar-refractivity contribution in [2.45, 2.75) is 20.1 Å². The average Bonchev–Trinajstić information content (AvgIpc) is 2.59. The van der Waals surface area contributed by atoms with Crippen molar-refractivity contribution in [3.05, 3.63) is 52.0 Å². The van der Waals surface area contributed by atoms with Crippen molar-refractivity contribution >= 4 is 21.9 Å². The summed E-state index contributed by atoms with van der Waals surface area (Å²) in [6, 6.07) is 11.2. The van der Waals surface area contributed by atoms with Crippen LogP contribution in [0.1, 0.15) is 18.1 Å². The normalized spacial score (nSPS) is 10.2. The fraction of sp³-hybridized carbons (Fsp3) is 0.278. The maximum absolute atomic E-state index is 11.0. The van der Waals surface area contributed by atoms with E-state index < -0.39 is 0 Å². The Bertz CT molecular complexity index is 697. The average molecular weight is 395 g/mol. The zero-order chi connectivity index (χ0) is 17.5. The number of carbonyl (C=O) groups is 1. The second-order valence-corrected chi connectivity index (χ2v) is 5.87. The van der Waals surface area contributed by atoms with E-state index in [1.54, 1.807) is 26.4 Å². The van der Waals surface area contributed by atoms with E-state index in [0.717, 1.165) is 21.3 Å². The molecule has 0 radical (unpaired) electrons. The highest BCUT2D eigenvalue weighted by molar-refractivity contribution is 9.10. The summed E-state index contributed by atoms with van der Waals surface area (Å²) in [7, 11) is 3.20. The number of carbonyl (C=O) groups excluding carboxylic acids is 1. The second-order valence-electron chi connectivity index (χ2n) is 5.01. The first-order chi connectivity index (χ1) is 11.5. The van der Waals surface area contributed by atoms with Crippen molar-refractivity contribution < 1.29 is 23.7 Å². The van der Waals surface area contributed by atoms with Gasteiger partial charge in [-0.2, -0.15) is 0 Å². The van der Waals surface area contributed by atoms with Crippen LogP contribution in [0.2, 0.25) is 0 Å². The maximum atomic E-state index is 11.0. The van der Waals surface area contributed by atoms with Gasteiger partial charge in [0.05, 0.1) is 14.2 Å². The molecule has 0 atom stereocenters. The molecule has 0 aliphatic rings. The summed E-state index contributed by atoms with van der Waals surface area (Å²) >= 11 is 3.44. The van der Waals surface area contributed by atoms with Crippen LogP contribution >= 0.6 is 15.9 Å². The molecule has 0 bridgehead atoms. The number of ether oxygens (including phenoxy) is 4. The minimum Gasteiger partial charge on any atom is -0.497 e. The zero-order valence-corrected chi connectivity index (χ0v) is 15.4. The second kappa shape index (κ2) is 8.59. The van der Waals surface area contributed by atoms with E-state index in [-0.39, 0.29) is 12.6 Å². The van der Waals surface area contributed by atoms with E-state index in [4.69, 9.17) is 18.9 Å². The Balaban J connectivity index is 2.14.